The van der Waals surface area contributed by atoms with Gasteiger partial charge in [0.25, 0.3) is 5.91 Å². The van der Waals surface area contributed by atoms with Crippen molar-refractivity contribution < 1.29 is 23.5 Å². The second kappa shape index (κ2) is 7.32. The van der Waals surface area contributed by atoms with Gasteiger partial charge < -0.3 is 15.8 Å². The van der Waals surface area contributed by atoms with Gasteiger partial charge in [0.15, 0.2) is 6.61 Å². The summed E-state index contributed by atoms with van der Waals surface area (Å²) in [6, 6.07) is 11.7. The van der Waals surface area contributed by atoms with Crippen molar-refractivity contribution in [2.45, 2.75) is 0 Å². The predicted molar refractivity (Wildman–Crippen MR) is 95.7 cm³/mol. The van der Waals surface area contributed by atoms with Gasteiger partial charge in [0.05, 0.1) is 0 Å². The number of carbonyl (C=O) groups is 3. The van der Waals surface area contributed by atoms with E-state index in [4.69, 9.17) is 10.5 Å². The topological polar surface area (TPSA) is 98.5 Å². The van der Waals surface area contributed by atoms with E-state index in [2.05, 4.69) is 5.32 Å². The van der Waals surface area contributed by atoms with E-state index in [1.165, 1.54) is 42.5 Å². The van der Waals surface area contributed by atoms with Crippen molar-refractivity contribution in [3.8, 4) is 0 Å². The molecule has 0 aliphatic heterocycles. The number of carbonyl (C=O) groups excluding carboxylic acids is 3. The second-order valence-corrected chi connectivity index (χ2v) is 6.44. The van der Waals surface area contributed by atoms with Crippen molar-refractivity contribution in [3.05, 3.63) is 64.8 Å². The third kappa shape index (κ3) is 4.04. The lowest BCUT2D eigenvalue weighted by molar-refractivity contribution is -0.119. The van der Waals surface area contributed by atoms with E-state index in [0.29, 0.717) is 16.6 Å². The number of anilines is 1. The number of thiophene rings is 1. The zero-order valence-electron chi connectivity index (χ0n) is 13.3. The number of hydrogen-bond donors (Lipinski definition) is 2. The minimum Gasteiger partial charge on any atom is -0.451 e. The van der Waals surface area contributed by atoms with Crippen molar-refractivity contribution in [2.24, 2.45) is 5.73 Å². The number of esters is 1. The molecule has 3 aromatic rings. The van der Waals surface area contributed by atoms with E-state index in [1.54, 1.807) is 6.07 Å². The number of benzene rings is 2. The third-order valence-electron chi connectivity index (χ3n) is 3.47. The summed E-state index contributed by atoms with van der Waals surface area (Å²) >= 11 is 1.16. The first-order valence-corrected chi connectivity index (χ1v) is 8.30. The number of hydrogen-bond acceptors (Lipinski definition) is 5. The van der Waals surface area contributed by atoms with E-state index in [0.717, 1.165) is 16.0 Å². The fourth-order valence-corrected chi connectivity index (χ4v) is 3.17. The van der Waals surface area contributed by atoms with Gasteiger partial charge in [-0.2, -0.15) is 0 Å². The summed E-state index contributed by atoms with van der Waals surface area (Å²) < 4.78 is 18.9. The predicted octanol–water partition coefficient (Wildman–Crippen LogP) is 2.93. The van der Waals surface area contributed by atoms with Crippen LogP contribution in [0.2, 0.25) is 0 Å². The molecule has 8 heteroatoms. The van der Waals surface area contributed by atoms with Gasteiger partial charge in [-0.1, -0.05) is 0 Å². The molecule has 0 atom stereocenters. The fourth-order valence-electron chi connectivity index (χ4n) is 2.23. The maximum atomic E-state index is 13.2. The van der Waals surface area contributed by atoms with Crippen LogP contribution < -0.4 is 11.1 Å². The number of rotatable bonds is 5. The molecule has 2 amide bonds. The third-order valence-corrected chi connectivity index (χ3v) is 4.56. The van der Waals surface area contributed by atoms with E-state index in [-0.39, 0.29) is 4.88 Å². The van der Waals surface area contributed by atoms with Gasteiger partial charge in [-0.05, 0) is 53.9 Å². The van der Waals surface area contributed by atoms with Crippen molar-refractivity contribution in [1.29, 1.82) is 0 Å². The lowest BCUT2D eigenvalue weighted by atomic mass is 10.2. The highest BCUT2D eigenvalue weighted by Gasteiger charge is 2.14. The Bertz CT molecular complexity index is 998. The molecule has 0 aliphatic carbocycles. The fraction of sp³-hybridized carbons (Fsp3) is 0.0556. The van der Waals surface area contributed by atoms with Crippen LogP contribution in [0.1, 0.15) is 20.0 Å². The van der Waals surface area contributed by atoms with Crippen molar-refractivity contribution in [2.75, 3.05) is 11.9 Å². The minimum atomic E-state index is -0.661. The summed E-state index contributed by atoms with van der Waals surface area (Å²) in [5.74, 6) is -2.15. The molecule has 0 saturated heterocycles. The van der Waals surface area contributed by atoms with Crippen LogP contribution >= 0.6 is 11.3 Å². The Morgan fingerprint density at radius 1 is 1.08 bits per heavy atom. The van der Waals surface area contributed by atoms with Gasteiger partial charge in [-0.3, -0.25) is 9.59 Å². The van der Waals surface area contributed by atoms with Crippen LogP contribution in [-0.2, 0) is 9.53 Å². The molecule has 0 spiro atoms. The average molecular weight is 372 g/mol. The van der Waals surface area contributed by atoms with Crippen LogP contribution in [0.3, 0.4) is 0 Å². The van der Waals surface area contributed by atoms with Crippen LogP contribution in [-0.4, -0.2) is 24.4 Å². The van der Waals surface area contributed by atoms with Gasteiger partial charge in [0.2, 0.25) is 5.91 Å². The van der Waals surface area contributed by atoms with Gasteiger partial charge in [0, 0.05) is 16.0 Å². The minimum absolute atomic E-state index is 0.282. The molecule has 1 heterocycles. The molecule has 3 N–H and O–H groups in total. The van der Waals surface area contributed by atoms with Crippen LogP contribution in [0.4, 0.5) is 10.1 Å². The van der Waals surface area contributed by atoms with E-state index >= 15 is 0 Å². The van der Waals surface area contributed by atoms with Gasteiger partial charge in [-0.15, -0.1) is 11.3 Å². The summed E-state index contributed by atoms with van der Waals surface area (Å²) in [7, 11) is 0. The zero-order chi connectivity index (χ0) is 18.7. The smallest absolute Gasteiger partial charge is 0.348 e. The quantitative estimate of drug-likeness (QED) is 0.673. The molecule has 6 nitrogen and oxygen atoms in total. The lowest BCUT2D eigenvalue weighted by Gasteiger charge is -2.06. The summed E-state index contributed by atoms with van der Waals surface area (Å²) in [6.07, 6.45) is 0. The summed E-state index contributed by atoms with van der Waals surface area (Å²) in [5, 5.41) is 3.13. The van der Waals surface area contributed by atoms with E-state index in [9.17, 15) is 18.8 Å². The molecule has 26 heavy (non-hydrogen) atoms. The number of primary amides is 1. The molecule has 0 bridgehead atoms. The average Bonchev–Trinajstić information content (AvgIpc) is 3.03. The number of ether oxygens (including phenoxy) is 1. The Kier molecular flexibility index (Phi) is 4.94. The summed E-state index contributed by atoms with van der Waals surface area (Å²) in [4.78, 5) is 35.2. The van der Waals surface area contributed by atoms with E-state index in [1.807, 2.05) is 0 Å². The van der Waals surface area contributed by atoms with Crippen molar-refractivity contribution >= 4 is 44.9 Å². The number of fused-ring (bicyclic) bond motifs is 1. The molecule has 1 aromatic heterocycles. The maximum Gasteiger partial charge on any atom is 0.348 e. The molecule has 0 saturated carbocycles. The molecule has 2 aromatic carbocycles. The largest absolute Gasteiger partial charge is 0.451 e. The lowest BCUT2D eigenvalue weighted by Crippen LogP contribution is -2.20. The first-order valence-electron chi connectivity index (χ1n) is 7.48. The normalized spacial score (nSPS) is 10.5. The Morgan fingerprint density at radius 3 is 2.50 bits per heavy atom. The molecule has 0 unspecified atom stereocenters. The van der Waals surface area contributed by atoms with Crippen LogP contribution in [0, 0.1) is 5.82 Å². The number of amides is 2. The highest BCUT2D eigenvalue weighted by molar-refractivity contribution is 7.20. The molecule has 132 valence electrons. The van der Waals surface area contributed by atoms with Gasteiger partial charge in [0.1, 0.15) is 10.7 Å². The van der Waals surface area contributed by atoms with Gasteiger partial charge in [-0.25, -0.2) is 9.18 Å². The highest BCUT2D eigenvalue weighted by atomic mass is 32.1. The summed E-state index contributed by atoms with van der Waals surface area (Å²) in [6.45, 7) is -0.473. The highest BCUT2D eigenvalue weighted by Crippen LogP contribution is 2.26. The Balaban J connectivity index is 1.57. The molecular formula is C18H13FN2O4S. The van der Waals surface area contributed by atoms with E-state index < -0.39 is 30.2 Å². The zero-order valence-corrected chi connectivity index (χ0v) is 14.1. The van der Waals surface area contributed by atoms with Crippen molar-refractivity contribution in [3.63, 3.8) is 0 Å². The first-order chi connectivity index (χ1) is 12.4. The van der Waals surface area contributed by atoms with Crippen LogP contribution in [0.15, 0.2) is 48.5 Å². The standard InChI is InChI=1S/C18H13FN2O4S/c19-12-3-6-14-11(7-12)8-15(26-14)18(24)25-9-16(22)21-13-4-1-10(2-5-13)17(20)23/h1-8H,9H2,(H2,20,23)(H,21,22). The molecular weight excluding hydrogens is 359 g/mol. The molecule has 0 aliphatic rings. The number of nitrogens with one attached hydrogen (secondary N) is 1. The first kappa shape index (κ1) is 17.6. The molecule has 3 rings (SSSR count). The van der Waals surface area contributed by atoms with Crippen LogP contribution in [0.5, 0.6) is 0 Å². The Labute approximate surface area is 151 Å². The monoisotopic (exact) mass is 372 g/mol. The Morgan fingerprint density at radius 2 is 1.81 bits per heavy atom. The number of nitrogens with two attached hydrogens (primary N) is 1. The Hall–Kier alpha value is -3.26. The number of halogens is 1. The van der Waals surface area contributed by atoms with Crippen molar-refractivity contribution in [1.82, 2.24) is 0 Å². The molecule has 0 fully saturated rings. The molecule has 0 radical (unpaired) electrons. The second-order valence-electron chi connectivity index (χ2n) is 5.36. The van der Waals surface area contributed by atoms with Gasteiger partial charge >= 0.3 is 5.97 Å². The summed E-state index contributed by atoms with van der Waals surface area (Å²) in [5.41, 5.74) is 5.89. The maximum absolute atomic E-state index is 13.2. The SMILES string of the molecule is NC(=O)c1ccc(NC(=O)COC(=O)c2cc3cc(F)ccc3s2)cc1. The van der Waals surface area contributed by atoms with Crippen LogP contribution in [0.25, 0.3) is 10.1 Å².